The maximum atomic E-state index is 15.1. The molecule has 202 valence electrons. The van der Waals surface area contributed by atoms with Gasteiger partial charge in [0, 0.05) is 6.61 Å². The summed E-state index contributed by atoms with van der Waals surface area (Å²) < 4.78 is 25.9. The third kappa shape index (κ3) is 6.51. The molecule has 13 nitrogen and oxygen atoms in total. The number of alkyl carbamates (subject to hydrolysis) is 1. The lowest BCUT2D eigenvalue weighted by Crippen LogP contribution is -2.53. The van der Waals surface area contributed by atoms with E-state index in [1.165, 1.54) is 23.4 Å². The average Bonchev–Trinajstić information content (AvgIpc) is 3.37. The van der Waals surface area contributed by atoms with Gasteiger partial charge >= 0.3 is 6.09 Å². The molecule has 2 atom stereocenters. The van der Waals surface area contributed by atoms with Crippen LogP contribution >= 0.6 is 0 Å². The zero-order valence-corrected chi connectivity index (χ0v) is 21.5. The van der Waals surface area contributed by atoms with Crippen molar-refractivity contribution in [1.82, 2.24) is 30.3 Å². The second-order valence-corrected chi connectivity index (χ2v) is 9.72. The maximum absolute atomic E-state index is 15.1. The molecule has 4 heterocycles. The smallest absolute Gasteiger partial charge is 0.408 e. The summed E-state index contributed by atoms with van der Waals surface area (Å²) in [6.45, 7) is 7.66. The van der Waals surface area contributed by atoms with Crippen molar-refractivity contribution in [2.75, 3.05) is 23.8 Å². The van der Waals surface area contributed by atoms with Gasteiger partial charge in [0.05, 0.1) is 54.2 Å². The number of nitrogens with one attached hydrogen (secondary N) is 3. The minimum Gasteiger partial charge on any atom is -0.444 e. The van der Waals surface area contributed by atoms with Crippen LogP contribution in [-0.2, 0) is 9.47 Å². The number of rotatable bonds is 7. The second kappa shape index (κ2) is 11.0. The van der Waals surface area contributed by atoms with Crippen LogP contribution < -0.4 is 21.7 Å². The first-order valence-electron chi connectivity index (χ1n) is 11.9. The summed E-state index contributed by atoms with van der Waals surface area (Å²) in [5.41, 5.74) is 6.39. The Morgan fingerprint density at radius 3 is 2.61 bits per heavy atom. The summed E-state index contributed by atoms with van der Waals surface area (Å²) in [4.78, 5) is 34.5. The molecule has 1 aliphatic rings. The number of primary amides is 1. The molecule has 3 aromatic heterocycles. The van der Waals surface area contributed by atoms with Crippen molar-refractivity contribution in [2.24, 2.45) is 5.73 Å². The molecule has 4 rings (SSSR count). The molecule has 0 bridgehead atoms. The number of hydrogen-bond acceptors (Lipinski definition) is 10. The van der Waals surface area contributed by atoms with Crippen molar-refractivity contribution in [3.8, 4) is 5.69 Å². The van der Waals surface area contributed by atoms with Gasteiger partial charge in [-0.1, -0.05) is 0 Å². The lowest BCUT2D eigenvalue weighted by atomic mass is 10.0. The van der Waals surface area contributed by atoms with Gasteiger partial charge in [-0.3, -0.25) is 9.78 Å². The fraction of sp³-hybridized carbons (Fsp3) is 0.417. The number of carbonyl (C=O) groups excluding carboxylic acids is 2. The molecule has 1 saturated heterocycles. The highest BCUT2D eigenvalue weighted by atomic mass is 19.1. The zero-order chi connectivity index (χ0) is 27.4. The highest BCUT2D eigenvalue weighted by Gasteiger charge is 2.30. The molecule has 0 spiro atoms. The Kier molecular flexibility index (Phi) is 7.71. The van der Waals surface area contributed by atoms with E-state index >= 15 is 4.39 Å². The van der Waals surface area contributed by atoms with Crippen LogP contribution in [0.3, 0.4) is 0 Å². The molecule has 0 saturated carbocycles. The fourth-order valence-electron chi connectivity index (χ4n) is 3.83. The summed E-state index contributed by atoms with van der Waals surface area (Å²) >= 11 is 0. The summed E-state index contributed by atoms with van der Waals surface area (Å²) in [6.07, 6.45) is 4.44. The molecule has 3 aromatic rings. The lowest BCUT2D eigenvalue weighted by molar-refractivity contribution is 0.0317. The van der Waals surface area contributed by atoms with E-state index in [9.17, 15) is 9.59 Å². The molecule has 1 fully saturated rings. The Morgan fingerprint density at radius 2 is 1.92 bits per heavy atom. The largest absolute Gasteiger partial charge is 0.444 e. The van der Waals surface area contributed by atoms with Gasteiger partial charge < -0.3 is 31.2 Å². The summed E-state index contributed by atoms with van der Waals surface area (Å²) in [7, 11) is 0. The number of nitrogens with two attached hydrogens (primary N) is 1. The summed E-state index contributed by atoms with van der Waals surface area (Å²) in [5, 5.41) is 17.0. The van der Waals surface area contributed by atoms with Gasteiger partial charge in [0.25, 0.3) is 5.91 Å². The van der Waals surface area contributed by atoms with Crippen molar-refractivity contribution in [3.05, 3.63) is 47.8 Å². The first-order chi connectivity index (χ1) is 18.0. The number of carbonyl (C=O) groups is 2. The number of nitrogens with zero attached hydrogens (tertiary/aromatic N) is 5. The molecule has 0 unspecified atom stereocenters. The molecule has 0 radical (unpaired) electrons. The van der Waals surface area contributed by atoms with E-state index in [0.29, 0.717) is 30.1 Å². The van der Waals surface area contributed by atoms with Crippen molar-refractivity contribution in [3.63, 3.8) is 0 Å². The molecule has 0 aliphatic carbocycles. The van der Waals surface area contributed by atoms with Crippen LogP contribution in [-0.4, -0.2) is 67.9 Å². The molecule has 2 amide bonds. The second-order valence-electron chi connectivity index (χ2n) is 9.72. The van der Waals surface area contributed by atoms with E-state index in [1.807, 2.05) is 0 Å². The summed E-state index contributed by atoms with van der Waals surface area (Å²) in [5.74, 6) is -1.75. The highest BCUT2D eigenvalue weighted by Crippen LogP contribution is 2.26. The lowest BCUT2D eigenvalue weighted by Gasteiger charge is -2.33. The van der Waals surface area contributed by atoms with E-state index < -0.39 is 35.5 Å². The number of ether oxygens (including phenoxy) is 2. The predicted octanol–water partition coefficient (Wildman–Crippen LogP) is 2.44. The van der Waals surface area contributed by atoms with Crippen LogP contribution in [0.1, 0.15) is 43.2 Å². The highest BCUT2D eigenvalue weighted by molar-refractivity contribution is 5.98. The van der Waals surface area contributed by atoms with Crippen molar-refractivity contribution < 1.29 is 23.5 Å². The number of halogens is 1. The number of anilines is 3. The Morgan fingerprint density at radius 1 is 1.18 bits per heavy atom. The molecule has 1 aliphatic heterocycles. The normalized spacial score (nSPS) is 17.5. The quantitative estimate of drug-likeness (QED) is 0.358. The van der Waals surface area contributed by atoms with Gasteiger partial charge in [-0.25, -0.2) is 14.2 Å². The number of pyridine rings is 2. The Labute approximate surface area is 218 Å². The number of aromatic nitrogens is 5. The summed E-state index contributed by atoms with van der Waals surface area (Å²) in [6, 6.07) is 1.78. The van der Waals surface area contributed by atoms with E-state index in [4.69, 9.17) is 15.2 Å². The molecule has 5 N–H and O–H groups in total. The van der Waals surface area contributed by atoms with Crippen LogP contribution in [0.25, 0.3) is 5.69 Å². The van der Waals surface area contributed by atoms with Gasteiger partial charge in [-0.15, -0.1) is 4.80 Å². The number of hydrogen-bond donors (Lipinski definition) is 4. The molecular weight excluding hydrogens is 497 g/mol. The third-order valence-corrected chi connectivity index (χ3v) is 5.58. The monoisotopic (exact) mass is 527 g/mol. The van der Waals surface area contributed by atoms with E-state index in [2.05, 4.69) is 36.1 Å². The molecule has 14 heteroatoms. The van der Waals surface area contributed by atoms with Gasteiger partial charge in [-0.2, -0.15) is 10.2 Å². The van der Waals surface area contributed by atoms with Crippen LogP contribution in [0.15, 0.2) is 30.7 Å². The Balaban J connectivity index is 1.59. The van der Waals surface area contributed by atoms with Crippen molar-refractivity contribution in [2.45, 2.75) is 51.8 Å². The first kappa shape index (κ1) is 26.7. The predicted molar refractivity (Wildman–Crippen MR) is 136 cm³/mol. The zero-order valence-electron chi connectivity index (χ0n) is 21.5. The molecule has 0 aromatic carbocycles. The Hall–Kier alpha value is -4.33. The van der Waals surface area contributed by atoms with Crippen molar-refractivity contribution >= 4 is 29.3 Å². The van der Waals surface area contributed by atoms with Crippen LogP contribution in [0.5, 0.6) is 0 Å². The van der Waals surface area contributed by atoms with E-state index in [-0.39, 0.29) is 23.8 Å². The van der Waals surface area contributed by atoms with E-state index in [1.54, 1.807) is 33.8 Å². The van der Waals surface area contributed by atoms with Gasteiger partial charge in [0.15, 0.2) is 11.6 Å². The van der Waals surface area contributed by atoms with Crippen LogP contribution in [0.4, 0.5) is 26.5 Å². The van der Waals surface area contributed by atoms with Gasteiger partial charge in [0.2, 0.25) is 0 Å². The van der Waals surface area contributed by atoms with Gasteiger partial charge in [-0.05, 0) is 46.2 Å². The van der Waals surface area contributed by atoms with Crippen LogP contribution in [0, 0.1) is 12.7 Å². The Bertz CT molecular complexity index is 1310. The number of aryl methyl sites for hydroxylation is 1. The fourth-order valence-corrected chi connectivity index (χ4v) is 3.83. The number of amides is 2. The van der Waals surface area contributed by atoms with E-state index in [0.717, 1.165) is 6.07 Å². The van der Waals surface area contributed by atoms with Crippen LogP contribution in [0.2, 0.25) is 0 Å². The molecule has 38 heavy (non-hydrogen) atoms. The minimum absolute atomic E-state index is 0.0233. The average molecular weight is 528 g/mol. The van der Waals surface area contributed by atoms with Gasteiger partial charge in [0.1, 0.15) is 17.1 Å². The topological polar surface area (TPSA) is 171 Å². The standard InChI is InChI=1S/C24H30FN9O4/c1-13-19(34-28-6-7-29-34)9-14(11-27-13)30-21-15(20(26)35)10-16(25)22(33-21)31-17-5-8-37-12-18(17)32-23(36)38-24(2,3)4/h6-7,9-11,17-18H,5,8,12H2,1-4H3,(H2,26,35)(H,32,36)(H2,30,31,33)/t17-,18+/m1/s1. The maximum Gasteiger partial charge on any atom is 0.408 e. The SMILES string of the molecule is Cc1ncc(Nc2nc(N[C@@H]3CCOC[C@@H]3NC(=O)OC(C)(C)C)c(F)cc2C(N)=O)cc1-n1nccn1. The first-order valence-corrected chi connectivity index (χ1v) is 11.9. The minimum atomic E-state index is -0.866. The molecular formula is C24H30FN9O4. The third-order valence-electron chi connectivity index (χ3n) is 5.58. The van der Waals surface area contributed by atoms with Crippen molar-refractivity contribution in [1.29, 1.82) is 0 Å².